The molecule has 1 amide bonds. The van der Waals surface area contributed by atoms with Crippen LogP contribution < -0.4 is 16.0 Å². The number of sulfone groups is 1. The van der Waals surface area contributed by atoms with Crippen molar-refractivity contribution < 1.29 is 13.2 Å². The van der Waals surface area contributed by atoms with Gasteiger partial charge in [-0.2, -0.15) is 0 Å². The average Bonchev–Trinajstić information content (AvgIpc) is 2.79. The van der Waals surface area contributed by atoms with E-state index in [4.69, 9.17) is 12.2 Å². The first-order chi connectivity index (χ1) is 10.4. The summed E-state index contributed by atoms with van der Waals surface area (Å²) in [6.45, 7) is 1.79. The van der Waals surface area contributed by atoms with E-state index in [0.29, 0.717) is 18.0 Å². The Balaban J connectivity index is 1.85. The molecule has 1 heterocycles. The number of carbonyl (C=O) groups excluding carboxylic acids is 1. The molecule has 6 nitrogen and oxygen atoms in total. The number of thiocarbonyl (C=S) groups is 1. The molecule has 22 heavy (non-hydrogen) atoms. The van der Waals surface area contributed by atoms with Crippen LogP contribution >= 0.6 is 12.2 Å². The van der Waals surface area contributed by atoms with Gasteiger partial charge in [0, 0.05) is 23.8 Å². The molecular weight excluding hydrogens is 322 g/mol. The summed E-state index contributed by atoms with van der Waals surface area (Å²) in [5.41, 5.74) is 1.49. The van der Waals surface area contributed by atoms with E-state index in [-0.39, 0.29) is 23.5 Å². The van der Waals surface area contributed by atoms with Gasteiger partial charge in [-0.1, -0.05) is 6.92 Å². The minimum absolute atomic E-state index is 0.0414. The summed E-state index contributed by atoms with van der Waals surface area (Å²) in [4.78, 5) is 11.3. The van der Waals surface area contributed by atoms with Crippen molar-refractivity contribution in [3.05, 3.63) is 24.3 Å². The van der Waals surface area contributed by atoms with Crippen LogP contribution in [0.5, 0.6) is 0 Å². The Morgan fingerprint density at radius 1 is 1.23 bits per heavy atom. The molecule has 120 valence electrons. The highest BCUT2D eigenvalue weighted by atomic mass is 32.2. The lowest BCUT2D eigenvalue weighted by molar-refractivity contribution is -0.115. The van der Waals surface area contributed by atoms with E-state index >= 15 is 0 Å². The summed E-state index contributed by atoms with van der Waals surface area (Å²) in [6, 6.07) is 7.01. The molecule has 0 aliphatic carbocycles. The monoisotopic (exact) mass is 341 g/mol. The highest BCUT2D eigenvalue weighted by molar-refractivity contribution is 7.91. The van der Waals surface area contributed by atoms with Crippen molar-refractivity contribution in [1.82, 2.24) is 5.32 Å². The number of hydrogen-bond donors (Lipinski definition) is 3. The topological polar surface area (TPSA) is 87.3 Å². The van der Waals surface area contributed by atoms with Crippen LogP contribution in [0.25, 0.3) is 0 Å². The van der Waals surface area contributed by atoms with E-state index in [2.05, 4.69) is 16.0 Å². The van der Waals surface area contributed by atoms with Gasteiger partial charge in [0.1, 0.15) is 0 Å². The van der Waals surface area contributed by atoms with E-state index in [1.165, 1.54) is 0 Å². The van der Waals surface area contributed by atoms with Crippen molar-refractivity contribution in [2.45, 2.75) is 25.8 Å². The van der Waals surface area contributed by atoms with Crippen molar-refractivity contribution >= 4 is 44.4 Å². The predicted molar refractivity (Wildman–Crippen MR) is 91.8 cm³/mol. The Kier molecular flexibility index (Phi) is 5.36. The molecular formula is C14H19N3O3S2. The summed E-state index contributed by atoms with van der Waals surface area (Å²) in [5.74, 6) is 0.288. The van der Waals surface area contributed by atoms with Gasteiger partial charge in [0.15, 0.2) is 14.9 Å². The molecule has 2 rings (SSSR count). The van der Waals surface area contributed by atoms with Gasteiger partial charge < -0.3 is 16.0 Å². The van der Waals surface area contributed by atoms with Gasteiger partial charge in [-0.15, -0.1) is 0 Å². The molecule has 0 spiro atoms. The van der Waals surface area contributed by atoms with Crippen LogP contribution in [0, 0.1) is 0 Å². The first kappa shape index (κ1) is 16.7. The Hall–Kier alpha value is -1.67. The second-order valence-electron chi connectivity index (χ2n) is 5.18. The minimum atomic E-state index is -2.92. The number of rotatable bonds is 4. The standard InChI is InChI=1S/C14H19N3O3S2/c1-2-13(18)15-10-3-5-11(6-4-10)16-14(21)17-12-7-8-22(19,20)9-12/h3-6,12H,2,7-9H2,1H3,(H,15,18)(H2,16,17,21). The van der Waals surface area contributed by atoms with Crippen molar-refractivity contribution in [3.8, 4) is 0 Å². The molecule has 0 aromatic heterocycles. The van der Waals surface area contributed by atoms with E-state index in [1.54, 1.807) is 31.2 Å². The number of hydrogen-bond acceptors (Lipinski definition) is 4. The Labute approximate surface area is 135 Å². The molecule has 0 bridgehead atoms. The maximum absolute atomic E-state index is 11.4. The van der Waals surface area contributed by atoms with Crippen molar-refractivity contribution in [2.24, 2.45) is 0 Å². The minimum Gasteiger partial charge on any atom is -0.359 e. The summed E-state index contributed by atoms with van der Waals surface area (Å²) < 4.78 is 22.8. The molecule has 1 aliphatic heterocycles. The first-order valence-electron chi connectivity index (χ1n) is 7.06. The smallest absolute Gasteiger partial charge is 0.224 e. The van der Waals surface area contributed by atoms with Gasteiger partial charge >= 0.3 is 0 Å². The average molecular weight is 341 g/mol. The van der Waals surface area contributed by atoms with E-state index in [0.717, 1.165) is 11.4 Å². The van der Waals surface area contributed by atoms with E-state index < -0.39 is 9.84 Å². The molecule has 1 unspecified atom stereocenters. The van der Waals surface area contributed by atoms with Gasteiger partial charge in [0.25, 0.3) is 0 Å². The lowest BCUT2D eigenvalue weighted by Gasteiger charge is -2.15. The third-order valence-electron chi connectivity index (χ3n) is 3.32. The fourth-order valence-corrected chi connectivity index (χ4v) is 4.11. The molecule has 3 N–H and O–H groups in total. The Bertz CT molecular complexity index is 656. The maximum atomic E-state index is 11.4. The lowest BCUT2D eigenvalue weighted by Crippen LogP contribution is -2.38. The fourth-order valence-electron chi connectivity index (χ4n) is 2.15. The van der Waals surface area contributed by atoms with Gasteiger partial charge in [0.05, 0.1) is 11.5 Å². The number of benzene rings is 1. The second-order valence-corrected chi connectivity index (χ2v) is 7.81. The molecule has 1 saturated heterocycles. The molecule has 1 atom stereocenters. The lowest BCUT2D eigenvalue weighted by atomic mass is 10.2. The van der Waals surface area contributed by atoms with E-state index in [9.17, 15) is 13.2 Å². The summed E-state index contributed by atoms with van der Waals surface area (Å²) in [6.07, 6.45) is 1.00. The largest absolute Gasteiger partial charge is 0.359 e. The number of carbonyl (C=O) groups is 1. The van der Waals surface area contributed by atoms with Crippen LogP contribution in [0.2, 0.25) is 0 Å². The first-order valence-corrected chi connectivity index (χ1v) is 9.29. The van der Waals surface area contributed by atoms with Crippen LogP contribution in [0.4, 0.5) is 11.4 Å². The van der Waals surface area contributed by atoms with Crippen molar-refractivity contribution in [3.63, 3.8) is 0 Å². The summed E-state index contributed by atoms with van der Waals surface area (Å²) in [5, 5.41) is 9.17. The van der Waals surface area contributed by atoms with Gasteiger partial charge in [-0.25, -0.2) is 8.42 Å². The van der Waals surface area contributed by atoms with Crippen LogP contribution in [-0.4, -0.2) is 37.0 Å². The molecule has 1 aromatic carbocycles. The third-order valence-corrected chi connectivity index (χ3v) is 5.30. The second kappa shape index (κ2) is 7.06. The molecule has 0 saturated carbocycles. The predicted octanol–water partition coefficient (Wildman–Crippen LogP) is 1.51. The van der Waals surface area contributed by atoms with Gasteiger partial charge in [-0.05, 0) is 42.9 Å². The number of anilines is 2. The van der Waals surface area contributed by atoms with Gasteiger partial charge in [0.2, 0.25) is 5.91 Å². The fraction of sp³-hybridized carbons (Fsp3) is 0.429. The molecule has 1 aromatic rings. The number of amides is 1. The summed E-state index contributed by atoms with van der Waals surface area (Å²) in [7, 11) is -2.92. The third kappa shape index (κ3) is 4.96. The Morgan fingerprint density at radius 3 is 2.32 bits per heavy atom. The molecule has 1 fully saturated rings. The van der Waals surface area contributed by atoms with Crippen LogP contribution in [0.1, 0.15) is 19.8 Å². The highest BCUT2D eigenvalue weighted by Gasteiger charge is 2.28. The maximum Gasteiger partial charge on any atom is 0.224 e. The zero-order chi connectivity index (χ0) is 16.2. The van der Waals surface area contributed by atoms with Crippen molar-refractivity contribution in [1.29, 1.82) is 0 Å². The van der Waals surface area contributed by atoms with Crippen molar-refractivity contribution in [2.75, 3.05) is 22.1 Å². The zero-order valence-electron chi connectivity index (χ0n) is 12.3. The van der Waals surface area contributed by atoms with Crippen LogP contribution in [-0.2, 0) is 14.6 Å². The van der Waals surface area contributed by atoms with Crippen LogP contribution in [0.15, 0.2) is 24.3 Å². The Morgan fingerprint density at radius 2 is 1.82 bits per heavy atom. The SMILES string of the molecule is CCC(=O)Nc1ccc(NC(=S)NC2CCS(=O)(=O)C2)cc1. The quantitative estimate of drug-likeness (QED) is 0.720. The van der Waals surface area contributed by atoms with Gasteiger partial charge in [-0.3, -0.25) is 4.79 Å². The normalized spacial score (nSPS) is 19.4. The summed E-state index contributed by atoms with van der Waals surface area (Å²) >= 11 is 5.18. The molecule has 1 aliphatic rings. The molecule has 8 heteroatoms. The molecule has 0 radical (unpaired) electrons. The van der Waals surface area contributed by atoms with Crippen LogP contribution in [0.3, 0.4) is 0 Å². The highest BCUT2D eigenvalue weighted by Crippen LogP contribution is 2.15. The zero-order valence-corrected chi connectivity index (χ0v) is 13.9. The number of nitrogens with one attached hydrogen (secondary N) is 3. The van der Waals surface area contributed by atoms with E-state index in [1.807, 2.05) is 0 Å².